The summed E-state index contributed by atoms with van der Waals surface area (Å²) in [6.45, 7) is 5.96. The van der Waals surface area contributed by atoms with Crippen LogP contribution in [0, 0.1) is 17.2 Å². The van der Waals surface area contributed by atoms with E-state index in [1.807, 2.05) is 23.1 Å². The van der Waals surface area contributed by atoms with E-state index in [1.54, 1.807) is 6.07 Å². The number of carbonyl (C=O) groups excluding carboxylic acids is 1. The first-order valence-electron chi connectivity index (χ1n) is 8.99. The minimum atomic E-state index is 0.0513. The Hall–Kier alpha value is -2.06. The maximum Gasteiger partial charge on any atom is 0.317 e. The zero-order chi connectivity index (χ0) is 16.8. The van der Waals surface area contributed by atoms with Gasteiger partial charge in [-0.25, -0.2) is 4.79 Å². The summed E-state index contributed by atoms with van der Waals surface area (Å²) in [6, 6.07) is 9.76. The molecule has 0 aromatic heterocycles. The largest absolute Gasteiger partial charge is 0.338 e. The molecule has 24 heavy (non-hydrogen) atoms. The van der Waals surface area contributed by atoms with Crippen molar-refractivity contribution in [3.05, 3.63) is 35.4 Å². The molecule has 0 radical (unpaired) electrons. The summed E-state index contributed by atoms with van der Waals surface area (Å²) >= 11 is 0. The number of rotatable bonds is 5. The van der Waals surface area contributed by atoms with Gasteiger partial charge in [0.25, 0.3) is 0 Å². The summed E-state index contributed by atoms with van der Waals surface area (Å²) in [5.74, 6) is 0.626. The Labute approximate surface area is 144 Å². The second kappa shape index (κ2) is 8.16. The van der Waals surface area contributed by atoms with Gasteiger partial charge in [0.2, 0.25) is 0 Å². The molecule has 2 saturated heterocycles. The van der Waals surface area contributed by atoms with Crippen molar-refractivity contribution >= 4 is 6.03 Å². The summed E-state index contributed by atoms with van der Waals surface area (Å²) in [6.07, 6.45) is 4.52. The van der Waals surface area contributed by atoms with Crippen molar-refractivity contribution in [1.82, 2.24) is 15.1 Å². The van der Waals surface area contributed by atoms with Crippen LogP contribution >= 0.6 is 0 Å². The lowest BCUT2D eigenvalue weighted by atomic mass is 10.1. The van der Waals surface area contributed by atoms with Crippen LogP contribution in [0.5, 0.6) is 0 Å². The van der Waals surface area contributed by atoms with Crippen molar-refractivity contribution in [2.45, 2.75) is 25.7 Å². The lowest BCUT2D eigenvalue weighted by Gasteiger charge is -2.21. The standard InChI is InChI=1S/C19H26N4O/c20-13-17-5-3-4-16(12-17)6-8-21-19(24)23-11-7-18(15-23)14-22-9-1-2-10-22/h3-5,12,18H,1-2,6-11,14-15H2,(H,21,24). The van der Waals surface area contributed by atoms with Crippen molar-refractivity contribution in [2.24, 2.45) is 5.92 Å². The normalized spacial score (nSPS) is 21.0. The molecule has 0 aliphatic carbocycles. The highest BCUT2D eigenvalue weighted by molar-refractivity contribution is 5.74. The molecule has 2 aliphatic heterocycles. The summed E-state index contributed by atoms with van der Waals surface area (Å²) in [5, 5.41) is 11.9. The molecule has 1 N–H and O–H groups in total. The van der Waals surface area contributed by atoms with E-state index in [1.165, 1.54) is 25.9 Å². The number of amides is 2. The van der Waals surface area contributed by atoms with Crippen LogP contribution in [-0.4, -0.2) is 55.1 Å². The molecule has 128 valence electrons. The molecule has 5 nitrogen and oxygen atoms in total. The number of hydrogen-bond donors (Lipinski definition) is 1. The summed E-state index contributed by atoms with van der Waals surface area (Å²) in [7, 11) is 0. The molecule has 0 spiro atoms. The summed E-state index contributed by atoms with van der Waals surface area (Å²) in [5.41, 5.74) is 1.76. The van der Waals surface area contributed by atoms with Gasteiger partial charge in [-0.3, -0.25) is 0 Å². The van der Waals surface area contributed by atoms with Gasteiger partial charge < -0.3 is 15.1 Å². The Morgan fingerprint density at radius 3 is 2.92 bits per heavy atom. The third kappa shape index (κ3) is 4.48. The van der Waals surface area contributed by atoms with E-state index in [0.717, 1.165) is 38.0 Å². The number of likely N-dealkylation sites (tertiary alicyclic amines) is 2. The highest BCUT2D eigenvalue weighted by Crippen LogP contribution is 2.19. The molecule has 2 amide bonds. The molecular weight excluding hydrogens is 300 g/mol. The van der Waals surface area contributed by atoms with Gasteiger partial charge in [0.1, 0.15) is 0 Å². The summed E-state index contributed by atoms with van der Waals surface area (Å²) < 4.78 is 0. The molecule has 5 heteroatoms. The van der Waals surface area contributed by atoms with Gasteiger partial charge in [-0.05, 0) is 62.4 Å². The molecule has 0 bridgehead atoms. The van der Waals surface area contributed by atoms with Crippen LogP contribution in [0.3, 0.4) is 0 Å². The number of nitrogens with zero attached hydrogens (tertiary/aromatic N) is 3. The van der Waals surface area contributed by atoms with Crippen LogP contribution in [-0.2, 0) is 6.42 Å². The Kier molecular flexibility index (Phi) is 5.71. The fourth-order valence-electron chi connectivity index (χ4n) is 3.72. The average Bonchev–Trinajstić information content (AvgIpc) is 3.27. The number of nitrogens with one attached hydrogen (secondary N) is 1. The van der Waals surface area contributed by atoms with Gasteiger partial charge in [-0.15, -0.1) is 0 Å². The topological polar surface area (TPSA) is 59.4 Å². The Balaban J connectivity index is 1.38. The minimum absolute atomic E-state index is 0.0513. The van der Waals surface area contributed by atoms with Crippen LogP contribution in [0.1, 0.15) is 30.4 Å². The van der Waals surface area contributed by atoms with Crippen molar-refractivity contribution in [3.8, 4) is 6.07 Å². The third-order valence-corrected chi connectivity index (χ3v) is 5.03. The van der Waals surface area contributed by atoms with E-state index in [2.05, 4.69) is 16.3 Å². The zero-order valence-corrected chi connectivity index (χ0v) is 14.2. The maximum absolute atomic E-state index is 12.3. The number of urea groups is 1. The average molecular weight is 326 g/mol. The summed E-state index contributed by atoms with van der Waals surface area (Å²) in [4.78, 5) is 16.8. The molecule has 1 aromatic rings. The number of hydrogen-bond acceptors (Lipinski definition) is 3. The first kappa shape index (κ1) is 16.8. The smallest absolute Gasteiger partial charge is 0.317 e. The molecule has 0 saturated carbocycles. The van der Waals surface area contributed by atoms with E-state index in [0.29, 0.717) is 18.0 Å². The molecule has 1 atom stereocenters. The molecule has 3 rings (SSSR count). The van der Waals surface area contributed by atoms with E-state index >= 15 is 0 Å². The minimum Gasteiger partial charge on any atom is -0.338 e. The van der Waals surface area contributed by atoms with Gasteiger partial charge in [-0.1, -0.05) is 12.1 Å². The van der Waals surface area contributed by atoms with E-state index in [-0.39, 0.29) is 6.03 Å². The lowest BCUT2D eigenvalue weighted by molar-refractivity contribution is 0.204. The van der Waals surface area contributed by atoms with Gasteiger partial charge in [0.05, 0.1) is 11.6 Å². The number of benzene rings is 1. The Morgan fingerprint density at radius 2 is 2.12 bits per heavy atom. The number of nitriles is 1. The fraction of sp³-hybridized carbons (Fsp3) is 0.579. The van der Waals surface area contributed by atoms with Crippen LogP contribution < -0.4 is 5.32 Å². The van der Waals surface area contributed by atoms with Gasteiger partial charge in [0.15, 0.2) is 0 Å². The van der Waals surface area contributed by atoms with Gasteiger partial charge >= 0.3 is 6.03 Å². The van der Waals surface area contributed by atoms with Gasteiger partial charge in [0, 0.05) is 26.2 Å². The quantitative estimate of drug-likeness (QED) is 0.902. The molecule has 1 aromatic carbocycles. The highest BCUT2D eigenvalue weighted by Gasteiger charge is 2.28. The zero-order valence-electron chi connectivity index (χ0n) is 14.2. The monoisotopic (exact) mass is 326 g/mol. The second-order valence-electron chi connectivity index (χ2n) is 6.90. The molecule has 2 aliphatic rings. The SMILES string of the molecule is N#Cc1cccc(CCNC(=O)N2CCC(CN3CCCC3)C2)c1. The molecule has 2 fully saturated rings. The highest BCUT2D eigenvalue weighted by atomic mass is 16.2. The number of carbonyl (C=O) groups is 1. The van der Waals surface area contributed by atoms with Crippen LogP contribution in [0.15, 0.2) is 24.3 Å². The predicted octanol–water partition coefficient (Wildman–Crippen LogP) is 2.23. The van der Waals surface area contributed by atoms with E-state index < -0.39 is 0 Å². The van der Waals surface area contributed by atoms with Crippen molar-refractivity contribution in [1.29, 1.82) is 5.26 Å². The predicted molar refractivity (Wildman–Crippen MR) is 93.6 cm³/mol. The van der Waals surface area contributed by atoms with Crippen LogP contribution in [0.25, 0.3) is 0 Å². The Morgan fingerprint density at radius 1 is 1.29 bits per heavy atom. The molecule has 1 unspecified atom stereocenters. The third-order valence-electron chi connectivity index (χ3n) is 5.03. The van der Waals surface area contributed by atoms with Crippen LogP contribution in [0.2, 0.25) is 0 Å². The van der Waals surface area contributed by atoms with Crippen molar-refractivity contribution in [2.75, 3.05) is 39.3 Å². The maximum atomic E-state index is 12.3. The fourth-order valence-corrected chi connectivity index (χ4v) is 3.72. The molecule has 2 heterocycles. The lowest BCUT2D eigenvalue weighted by Crippen LogP contribution is -2.40. The van der Waals surface area contributed by atoms with Crippen molar-refractivity contribution in [3.63, 3.8) is 0 Å². The molecular formula is C19H26N4O. The van der Waals surface area contributed by atoms with Gasteiger partial charge in [-0.2, -0.15) is 5.26 Å². The Bertz CT molecular complexity index is 604. The van der Waals surface area contributed by atoms with E-state index in [4.69, 9.17) is 5.26 Å². The van der Waals surface area contributed by atoms with Crippen molar-refractivity contribution < 1.29 is 4.79 Å². The second-order valence-corrected chi connectivity index (χ2v) is 6.90. The van der Waals surface area contributed by atoms with Crippen LogP contribution in [0.4, 0.5) is 4.79 Å². The first-order chi connectivity index (χ1) is 11.7. The van der Waals surface area contributed by atoms with E-state index in [9.17, 15) is 4.79 Å². The first-order valence-corrected chi connectivity index (χ1v) is 8.99.